The number of hydrogen-bond donors (Lipinski definition) is 1. The van der Waals surface area contributed by atoms with Crippen molar-refractivity contribution >= 4 is 16.9 Å². The Morgan fingerprint density at radius 1 is 1.44 bits per heavy atom. The predicted molar refractivity (Wildman–Crippen MR) is 63.7 cm³/mol. The number of fused-ring (bicyclic) bond motifs is 1. The number of hydrogen-bond acceptors (Lipinski definition) is 1. The minimum Gasteiger partial charge on any atom is -0.480 e. The van der Waals surface area contributed by atoms with Crippen molar-refractivity contribution in [1.29, 1.82) is 0 Å². The molecular formula is C13H15NO2. The highest BCUT2D eigenvalue weighted by Gasteiger charge is 2.08. The summed E-state index contributed by atoms with van der Waals surface area (Å²) >= 11 is 0. The molecule has 16 heavy (non-hydrogen) atoms. The second-order valence-corrected chi connectivity index (χ2v) is 4.04. The van der Waals surface area contributed by atoms with Crippen LogP contribution in [0.2, 0.25) is 0 Å². The van der Waals surface area contributed by atoms with E-state index in [1.807, 2.05) is 19.2 Å². The molecule has 0 spiro atoms. The fourth-order valence-electron chi connectivity index (χ4n) is 2.02. The zero-order valence-electron chi connectivity index (χ0n) is 9.53. The first-order valence-corrected chi connectivity index (χ1v) is 5.42. The Kier molecular flexibility index (Phi) is 2.69. The van der Waals surface area contributed by atoms with E-state index in [0.717, 1.165) is 22.9 Å². The average Bonchev–Trinajstić information content (AvgIpc) is 2.54. The molecule has 0 unspecified atom stereocenters. The molecule has 0 bridgehead atoms. The third kappa shape index (κ3) is 1.81. The molecule has 0 amide bonds. The SMILES string of the molecule is CCc1ccc2c(c1)c(C)cn2CC(=O)O. The van der Waals surface area contributed by atoms with Crippen molar-refractivity contribution in [2.75, 3.05) is 0 Å². The van der Waals surface area contributed by atoms with E-state index >= 15 is 0 Å². The molecule has 3 heteroatoms. The van der Waals surface area contributed by atoms with Gasteiger partial charge in [0, 0.05) is 17.1 Å². The summed E-state index contributed by atoms with van der Waals surface area (Å²) in [7, 11) is 0. The van der Waals surface area contributed by atoms with Gasteiger partial charge in [-0.3, -0.25) is 4.79 Å². The number of nitrogens with zero attached hydrogens (tertiary/aromatic N) is 1. The number of aromatic nitrogens is 1. The van der Waals surface area contributed by atoms with Gasteiger partial charge in [-0.25, -0.2) is 0 Å². The van der Waals surface area contributed by atoms with Crippen molar-refractivity contribution < 1.29 is 9.90 Å². The van der Waals surface area contributed by atoms with E-state index in [-0.39, 0.29) is 6.54 Å². The summed E-state index contributed by atoms with van der Waals surface area (Å²) in [5, 5.41) is 9.97. The molecule has 1 aromatic heterocycles. The largest absolute Gasteiger partial charge is 0.480 e. The smallest absolute Gasteiger partial charge is 0.323 e. The second-order valence-electron chi connectivity index (χ2n) is 4.04. The van der Waals surface area contributed by atoms with E-state index in [0.29, 0.717) is 0 Å². The summed E-state index contributed by atoms with van der Waals surface area (Å²) in [6.45, 7) is 4.15. The summed E-state index contributed by atoms with van der Waals surface area (Å²) in [5.41, 5.74) is 3.41. The minimum atomic E-state index is -0.809. The average molecular weight is 217 g/mol. The molecule has 2 aromatic rings. The molecule has 0 fully saturated rings. The number of carbonyl (C=O) groups is 1. The van der Waals surface area contributed by atoms with Crippen LogP contribution in [-0.4, -0.2) is 15.6 Å². The van der Waals surface area contributed by atoms with E-state index in [2.05, 4.69) is 19.1 Å². The maximum Gasteiger partial charge on any atom is 0.323 e. The Hall–Kier alpha value is -1.77. The monoisotopic (exact) mass is 217 g/mol. The van der Waals surface area contributed by atoms with Gasteiger partial charge in [0.25, 0.3) is 0 Å². The van der Waals surface area contributed by atoms with Crippen LogP contribution in [0.5, 0.6) is 0 Å². The van der Waals surface area contributed by atoms with Crippen molar-refractivity contribution in [2.24, 2.45) is 0 Å². The zero-order valence-corrected chi connectivity index (χ0v) is 9.53. The molecular weight excluding hydrogens is 202 g/mol. The van der Waals surface area contributed by atoms with Crippen molar-refractivity contribution in [3.63, 3.8) is 0 Å². The van der Waals surface area contributed by atoms with Crippen LogP contribution < -0.4 is 0 Å². The van der Waals surface area contributed by atoms with E-state index in [4.69, 9.17) is 5.11 Å². The standard InChI is InChI=1S/C13H15NO2/c1-3-10-4-5-12-11(6-10)9(2)7-14(12)8-13(15)16/h4-7H,3,8H2,1-2H3,(H,15,16). The van der Waals surface area contributed by atoms with Gasteiger partial charge in [-0.05, 0) is 36.6 Å². The second kappa shape index (κ2) is 4.00. The molecule has 0 radical (unpaired) electrons. The first-order chi connectivity index (χ1) is 7.61. The molecule has 0 aliphatic heterocycles. The normalized spacial score (nSPS) is 10.9. The van der Waals surface area contributed by atoms with Crippen molar-refractivity contribution in [2.45, 2.75) is 26.8 Å². The first kappa shape index (κ1) is 10.7. The van der Waals surface area contributed by atoms with E-state index < -0.39 is 5.97 Å². The van der Waals surface area contributed by atoms with Gasteiger partial charge >= 0.3 is 5.97 Å². The van der Waals surface area contributed by atoms with Crippen LogP contribution in [-0.2, 0) is 17.8 Å². The lowest BCUT2D eigenvalue weighted by atomic mass is 10.1. The third-order valence-corrected chi connectivity index (χ3v) is 2.86. The van der Waals surface area contributed by atoms with Gasteiger partial charge in [0.2, 0.25) is 0 Å². The Balaban J connectivity index is 2.57. The molecule has 1 N–H and O–H groups in total. The maximum atomic E-state index is 10.7. The highest BCUT2D eigenvalue weighted by molar-refractivity contribution is 5.85. The fourth-order valence-corrected chi connectivity index (χ4v) is 2.02. The molecule has 2 rings (SSSR count). The van der Waals surface area contributed by atoms with E-state index in [1.165, 1.54) is 5.56 Å². The number of aryl methyl sites for hydroxylation is 2. The Morgan fingerprint density at radius 3 is 2.81 bits per heavy atom. The molecule has 1 heterocycles. The quantitative estimate of drug-likeness (QED) is 0.858. The molecule has 0 saturated heterocycles. The van der Waals surface area contributed by atoms with Gasteiger partial charge in [-0.2, -0.15) is 0 Å². The number of carboxylic acid groups (broad SMARTS) is 1. The van der Waals surface area contributed by atoms with Crippen molar-refractivity contribution in [1.82, 2.24) is 4.57 Å². The van der Waals surface area contributed by atoms with Gasteiger partial charge in [-0.1, -0.05) is 13.0 Å². The third-order valence-electron chi connectivity index (χ3n) is 2.86. The Labute approximate surface area is 94.3 Å². The highest BCUT2D eigenvalue weighted by atomic mass is 16.4. The molecule has 0 atom stereocenters. The van der Waals surface area contributed by atoms with Crippen molar-refractivity contribution in [3.05, 3.63) is 35.5 Å². The van der Waals surface area contributed by atoms with Crippen LogP contribution >= 0.6 is 0 Å². The Morgan fingerprint density at radius 2 is 2.19 bits per heavy atom. The Bertz CT molecular complexity index is 540. The number of aliphatic carboxylic acids is 1. The molecule has 1 aromatic carbocycles. The van der Waals surface area contributed by atoms with E-state index in [9.17, 15) is 4.79 Å². The number of rotatable bonds is 3. The van der Waals surface area contributed by atoms with Crippen LogP contribution in [0.25, 0.3) is 10.9 Å². The summed E-state index contributed by atoms with van der Waals surface area (Å²) in [6, 6.07) is 6.20. The van der Waals surface area contributed by atoms with Crippen LogP contribution in [0.1, 0.15) is 18.1 Å². The lowest BCUT2D eigenvalue weighted by molar-refractivity contribution is -0.137. The van der Waals surface area contributed by atoms with Gasteiger partial charge < -0.3 is 9.67 Å². The number of carboxylic acids is 1. The van der Waals surface area contributed by atoms with Gasteiger partial charge in [0.1, 0.15) is 6.54 Å². The number of benzene rings is 1. The highest BCUT2D eigenvalue weighted by Crippen LogP contribution is 2.22. The van der Waals surface area contributed by atoms with Crippen LogP contribution in [0.15, 0.2) is 24.4 Å². The minimum absolute atomic E-state index is 0.0236. The van der Waals surface area contributed by atoms with Gasteiger partial charge in [0.15, 0.2) is 0 Å². The fraction of sp³-hybridized carbons (Fsp3) is 0.308. The topological polar surface area (TPSA) is 42.2 Å². The summed E-state index contributed by atoms with van der Waals surface area (Å²) in [6.07, 6.45) is 2.90. The maximum absolute atomic E-state index is 10.7. The van der Waals surface area contributed by atoms with Crippen LogP contribution in [0.4, 0.5) is 0 Å². The summed E-state index contributed by atoms with van der Waals surface area (Å²) in [5.74, 6) is -0.809. The summed E-state index contributed by atoms with van der Waals surface area (Å²) in [4.78, 5) is 10.7. The molecule has 84 valence electrons. The zero-order chi connectivity index (χ0) is 11.7. The molecule has 0 saturated carbocycles. The van der Waals surface area contributed by atoms with E-state index in [1.54, 1.807) is 4.57 Å². The van der Waals surface area contributed by atoms with Gasteiger partial charge in [0.05, 0.1) is 0 Å². The first-order valence-electron chi connectivity index (χ1n) is 5.42. The van der Waals surface area contributed by atoms with Gasteiger partial charge in [-0.15, -0.1) is 0 Å². The van der Waals surface area contributed by atoms with Crippen LogP contribution in [0.3, 0.4) is 0 Å². The van der Waals surface area contributed by atoms with Crippen LogP contribution in [0, 0.1) is 6.92 Å². The van der Waals surface area contributed by atoms with Crippen molar-refractivity contribution in [3.8, 4) is 0 Å². The lowest BCUT2D eigenvalue weighted by Crippen LogP contribution is -2.07. The molecule has 0 aliphatic rings. The predicted octanol–water partition coefficient (Wildman–Crippen LogP) is 2.60. The lowest BCUT2D eigenvalue weighted by Gasteiger charge is -2.02. The molecule has 0 aliphatic carbocycles. The summed E-state index contributed by atoms with van der Waals surface area (Å²) < 4.78 is 1.78. The molecule has 3 nitrogen and oxygen atoms in total.